The number of nitrogens with one attached hydrogen (secondary N) is 3. The minimum Gasteiger partial charge on any atom is -0.350 e. The molecule has 2 rings (SSSR count). The van der Waals surface area contributed by atoms with E-state index in [1.807, 2.05) is 0 Å². The molecule has 1 saturated heterocycles. The summed E-state index contributed by atoms with van der Waals surface area (Å²) in [5.74, 6) is -2.84. The summed E-state index contributed by atoms with van der Waals surface area (Å²) in [5, 5.41) is 2.14. The van der Waals surface area contributed by atoms with Gasteiger partial charge in [-0.1, -0.05) is 24.3 Å². The average molecular weight is 331 g/mol. The van der Waals surface area contributed by atoms with E-state index in [1.54, 1.807) is 38.1 Å². The molecule has 6 amide bonds. The van der Waals surface area contributed by atoms with E-state index in [4.69, 9.17) is 5.73 Å². The predicted octanol–water partition coefficient (Wildman–Crippen LogP) is 0.271. The summed E-state index contributed by atoms with van der Waals surface area (Å²) in [7, 11) is 0. The van der Waals surface area contributed by atoms with Crippen LogP contribution in [-0.4, -0.2) is 23.9 Å². The molecule has 1 aromatic rings. The smallest absolute Gasteiger partial charge is 0.335 e. The molecular formula is C15H17N5O4. The first-order valence-corrected chi connectivity index (χ1v) is 7.09. The van der Waals surface area contributed by atoms with Crippen LogP contribution in [0, 0.1) is 12.8 Å². The van der Waals surface area contributed by atoms with E-state index in [2.05, 4.69) is 16.2 Å². The highest BCUT2D eigenvalue weighted by molar-refractivity contribution is 6.29. The quantitative estimate of drug-likeness (QED) is 0.464. The largest absolute Gasteiger partial charge is 0.350 e. The van der Waals surface area contributed by atoms with Crippen molar-refractivity contribution >= 4 is 29.6 Å². The highest BCUT2D eigenvalue weighted by Crippen LogP contribution is 2.26. The van der Waals surface area contributed by atoms with E-state index >= 15 is 0 Å². The van der Waals surface area contributed by atoms with E-state index in [1.165, 1.54) is 6.08 Å². The molecule has 0 aromatic heterocycles. The fourth-order valence-corrected chi connectivity index (χ4v) is 2.34. The number of nitrogens with zero attached hydrogens (tertiary/aromatic N) is 1. The van der Waals surface area contributed by atoms with Crippen LogP contribution in [0.2, 0.25) is 0 Å². The normalized spacial score (nSPS) is 18.2. The molecule has 0 unspecified atom stereocenters. The fourth-order valence-electron chi connectivity index (χ4n) is 2.34. The lowest BCUT2D eigenvalue weighted by atomic mass is 9.99. The standard InChI is InChI=1S/C15H17N5O4/c1-3-9(18-19-14(16)23)11-12(21)17-15(24)20(13(11)22)10-7-5-4-6-8(10)2/h3-7,11,18H,1-2H3,(H3,16,19,23)(H,17,21,24)/b9-3+/t11-/m0/s1. The number of amides is 6. The van der Waals surface area contributed by atoms with E-state index < -0.39 is 29.8 Å². The minimum atomic E-state index is -1.32. The summed E-state index contributed by atoms with van der Waals surface area (Å²) in [4.78, 5) is 48.7. The number of hydrogen-bond donors (Lipinski definition) is 4. The first kappa shape index (κ1) is 17.0. The zero-order valence-electron chi connectivity index (χ0n) is 13.1. The van der Waals surface area contributed by atoms with Gasteiger partial charge in [0.1, 0.15) is 0 Å². The van der Waals surface area contributed by atoms with Gasteiger partial charge < -0.3 is 11.2 Å². The second-order valence-corrected chi connectivity index (χ2v) is 5.05. The van der Waals surface area contributed by atoms with Crippen molar-refractivity contribution in [2.75, 3.05) is 4.90 Å². The van der Waals surface area contributed by atoms with Crippen LogP contribution in [0.4, 0.5) is 15.3 Å². The third-order valence-electron chi connectivity index (χ3n) is 3.47. The monoisotopic (exact) mass is 331 g/mol. The second kappa shape index (κ2) is 6.82. The Hall–Kier alpha value is -3.36. The van der Waals surface area contributed by atoms with Gasteiger partial charge in [0.2, 0.25) is 5.91 Å². The number of aryl methyl sites for hydroxylation is 1. The molecule has 0 spiro atoms. The van der Waals surface area contributed by atoms with E-state index in [0.717, 1.165) is 4.90 Å². The molecule has 1 heterocycles. The molecule has 0 bridgehead atoms. The Morgan fingerprint density at radius 3 is 2.50 bits per heavy atom. The van der Waals surface area contributed by atoms with Gasteiger partial charge in [0.25, 0.3) is 5.91 Å². The van der Waals surface area contributed by atoms with E-state index in [0.29, 0.717) is 11.3 Å². The van der Waals surface area contributed by atoms with Gasteiger partial charge in [0.15, 0.2) is 5.92 Å². The van der Waals surface area contributed by atoms with Crippen molar-refractivity contribution in [3.8, 4) is 0 Å². The fraction of sp³-hybridized carbons (Fsp3) is 0.200. The molecule has 0 saturated carbocycles. The Kier molecular flexibility index (Phi) is 4.83. The van der Waals surface area contributed by atoms with Crippen LogP contribution < -0.4 is 26.8 Å². The number of para-hydroxylation sites is 1. The molecule has 1 aromatic carbocycles. The zero-order chi connectivity index (χ0) is 17.9. The summed E-state index contributed by atoms with van der Waals surface area (Å²) in [5.41, 5.74) is 10.6. The molecule has 0 radical (unpaired) electrons. The maximum absolute atomic E-state index is 12.8. The number of allylic oxidation sites excluding steroid dienone is 1. The Morgan fingerprint density at radius 2 is 1.92 bits per heavy atom. The number of anilines is 1. The molecule has 24 heavy (non-hydrogen) atoms. The van der Waals surface area contributed by atoms with Gasteiger partial charge >= 0.3 is 12.1 Å². The summed E-state index contributed by atoms with van der Waals surface area (Å²) in [6, 6.07) is 5.08. The average Bonchev–Trinajstić information content (AvgIpc) is 2.51. The number of nitrogens with two attached hydrogens (primary N) is 1. The first-order valence-electron chi connectivity index (χ1n) is 7.09. The highest BCUT2D eigenvalue weighted by atomic mass is 16.2. The molecule has 9 nitrogen and oxygen atoms in total. The van der Waals surface area contributed by atoms with Crippen molar-refractivity contribution in [1.82, 2.24) is 16.2 Å². The number of benzene rings is 1. The first-order chi connectivity index (χ1) is 11.4. The van der Waals surface area contributed by atoms with Crippen molar-refractivity contribution < 1.29 is 19.2 Å². The van der Waals surface area contributed by atoms with Gasteiger partial charge in [0, 0.05) is 5.70 Å². The SMILES string of the molecule is C/C=C(/NNC(N)=O)[C@H]1C(=O)NC(=O)N(c2ccccc2C)C1=O. The maximum Gasteiger partial charge on any atom is 0.335 e. The molecule has 5 N–H and O–H groups in total. The van der Waals surface area contributed by atoms with Crippen LogP contribution in [0.15, 0.2) is 36.0 Å². The van der Waals surface area contributed by atoms with Crippen LogP contribution in [0.1, 0.15) is 12.5 Å². The Morgan fingerprint density at radius 1 is 1.25 bits per heavy atom. The topological polar surface area (TPSA) is 134 Å². The van der Waals surface area contributed by atoms with Crippen LogP contribution in [0.3, 0.4) is 0 Å². The molecule has 1 aliphatic rings. The van der Waals surface area contributed by atoms with Crippen molar-refractivity contribution in [2.45, 2.75) is 13.8 Å². The lowest BCUT2D eigenvalue weighted by Crippen LogP contribution is -2.60. The lowest BCUT2D eigenvalue weighted by molar-refractivity contribution is -0.132. The number of carbonyl (C=O) groups is 4. The van der Waals surface area contributed by atoms with Crippen LogP contribution >= 0.6 is 0 Å². The zero-order valence-corrected chi connectivity index (χ0v) is 13.1. The Bertz CT molecular complexity index is 743. The molecule has 9 heteroatoms. The molecule has 1 fully saturated rings. The van der Waals surface area contributed by atoms with Gasteiger partial charge in [0.05, 0.1) is 5.69 Å². The van der Waals surface area contributed by atoms with Gasteiger partial charge in [-0.3, -0.25) is 20.3 Å². The van der Waals surface area contributed by atoms with Crippen molar-refractivity contribution in [3.05, 3.63) is 41.6 Å². The number of imide groups is 2. The number of primary amides is 1. The number of barbiturate groups is 1. The van der Waals surface area contributed by atoms with Crippen molar-refractivity contribution in [3.63, 3.8) is 0 Å². The molecule has 1 aliphatic heterocycles. The van der Waals surface area contributed by atoms with Crippen molar-refractivity contribution in [2.24, 2.45) is 11.7 Å². The third kappa shape index (κ3) is 3.19. The van der Waals surface area contributed by atoms with E-state index in [-0.39, 0.29) is 5.70 Å². The summed E-state index contributed by atoms with van der Waals surface area (Å²) in [6.07, 6.45) is 1.43. The molecular weight excluding hydrogens is 314 g/mol. The van der Waals surface area contributed by atoms with Gasteiger partial charge in [-0.2, -0.15) is 0 Å². The second-order valence-electron chi connectivity index (χ2n) is 5.05. The maximum atomic E-state index is 12.8. The molecule has 1 atom stereocenters. The van der Waals surface area contributed by atoms with E-state index in [9.17, 15) is 19.2 Å². The van der Waals surface area contributed by atoms with Gasteiger partial charge in [-0.25, -0.2) is 14.5 Å². The Labute approximate surface area is 137 Å². The van der Waals surface area contributed by atoms with Crippen LogP contribution in [-0.2, 0) is 9.59 Å². The molecule has 126 valence electrons. The van der Waals surface area contributed by atoms with Crippen LogP contribution in [0.25, 0.3) is 0 Å². The van der Waals surface area contributed by atoms with Gasteiger partial charge in [-0.05, 0) is 25.5 Å². The number of hydrazine groups is 1. The predicted molar refractivity (Wildman–Crippen MR) is 85.3 cm³/mol. The summed E-state index contributed by atoms with van der Waals surface area (Å²) in [6.45, 7) is 3.31. The Balaban J connectivity index is 2.38. The number of hydrogen-bond acceptors (Lipinski definition) is 5. The molecule has 0 aliphatic carbocycles. The lowest BCUT2D eigenvalue weighted by Gasteiger charge is -2.32. The number of rotatable bonds is 4. The summed E-state index contributed by atoms with van der Waals surface area (Å²) >= 11 is 0. The van der Waals surface area contributed by atoms with Crippen molar-refractivity contribution in [1.29, 1.82) is 0 Å². The third-order valence-corrected chi connectivity index (χ3v) is 3.47. The number of carbonyl (C=O) groups excluding carboxylic acids is 4. The van der Waals surface area contributed by atoms with Crippen LogP contribution in [0.5, 0.6) is 0 Å². The summed E-state index contributed by atoms with van der Waals surface area (Å²) < 4.78 is 0. The minimum absolute atomic E-state index is 0.0994. The number of urea groups is 2. The van der Waals surface area contributed by atoms with Gasteiger partial charge in [-0.15, -0.1) is 0 Å². The highest BCUT2D eigenvalue weighted by Gasteiger charge is 2.43.